The topological polar surface area (TPSA) is 93.5 Å². The summed E-state index contributed by atoms with van der Waals surface area (Å²) in [7, 11) is 1.23. The van der Waals surface area contributed by atoms with Crippen molar-refractivity contribution in [3.8, 4) is 0 Å². The number of ether oxygens (including phenoxy) is 1. The molecule has 7 nitrogen and oxygen atoms in total. The Labute approximate surface area is 126 Å². The van der Waals surface area contributed by atoms with E-state index in [1.165, 1.54) is 13.3 Å². The molecule has 0 amide bonds. The molecule has 1 aromatic heterocycles. The summed E-state index contributed by atoms with van der Waals surface area (Å²) in [5, 5.41) is 16.6. The molecule has 0 atom stereocenters. The highest BCUT2D eigenvalue weighted by atomic mass is 35.5. The maximum absolute atomic E-state index is 12.1. The number of methoxy groups -OCH3 is 1. The molecule has 0 aliphatic heterocycles. The Morgan fingerprint density at radius 2 is 2.24 bits per heavy atom. The van der Waals surface area contributed by atoms with Crippen LogP contribution in [-0.2, 0) is 16.1 Å². The standard InChI is InChI=1S/C13H18ClN3O4/c1-21-10(19)7-17-12(20)11(14)9(6-15-17)16-13(8-18)4-2-3-5-13/h6,16,18H,2-5,7-8H2,1H3. The minimum atomic E-state index is -0.580. The molecule has 1 aliphatic rings. The molecular formula is C13H18ClN3O4. The van der Waals surface area contributed by atoms with Crippen LogP contribution in [0.25, 0.3) is 0 Å². The number of carbonyl (C=O) groups is 1. The number of nitrogens with one attached hydrogen (secondary N) is 1. The molecule has 2 N–H and O–H groups in total. The highest BCUT2D eigenvalue weighted by Crippen LogP contribution is 2.33. The van der Waals surface area contributed by atoms with E-state index in [-0.39, 0.29) is 18.2 Å². The van der Waals surface area contributed by atoms with Crippen LogP contribution in [0, 0.1) is 0 Å². The third kappa shape index (κ3) is 3.36. The van der Waals surface area contributed by atoms with Gasteiger partial charge in [0.1, 0.15) is 11.6 Å². The van der Waals surface area contributed by atoms with Gasteiger partial charge in [-0.25, -0.2) is 4.68 Å². The summed E-state index contributed by atoms with van der Waals surface area (Å²) in [6, 6.07) is 0. The Bertz CT molecular complexity index is 581. The zero-order chi connectivity index (χ0) is 15.5. The molecule has 8 heteroatoms. The molecule has 2 rings (SSSR count). The fraction of sp³-hybridized carbons (Fsp3) is 0.615. The van der Waals surface area contributed by atoms with Crippen molar-refractivity contribution >= 4 is 23.3 Å². The number of hydrogen-bond acceptors (Lipinski definition) is 6. The van der Waals surface area contributed by atoms with E-state index in [0.717, 1.165) is 30.4 Å². The Morgan fingerprint density at radius 3 is 2.81 bits per heavy atom. The Morgan fingerprint density at radius 1 is 1.57 bits per heavy atom. The summed E-state index contributed by atoms with van der Waals surface area (Å²) >= 11 is 6.05. The van der Waals surface area contributed by atoms with Gasteiger partial charge in [-0.2, -0.15) is 5.10 Å². The molecule has 0 aromatic carbocycles. The molecule has 0 radical (unpaired) electrons. The number of esters is 1. The van der Waals surface area contributed by atoms with Crippen molar-refractivity contribution < 1.29 is 14.6 Å². The van der Waals surface area contributed by atoms with Crippen LogP contribution >= 0.6 is 11.6 Å². The summed E-state index contributed by atoms with van der Waals surface area (Å²) in [6.07, 6.45) is 5.04. The van der Waals surface area contributed by atoms with Gasteiger partial charge in [-0.3, -0.25) is 9.59 Å². The third-order valence-electron chi connectivity index (χ3n) is 3.75. The third-order valence-corrected chi connectivity index (χ3v) is 4.12. The first-order valence-electron chi connectivity index (χ1n) is 6.73. The first-order chi connectivity index (χ1) is 10.0. The highest BCUT2D eigenvalue weighted by Gasteiger charge is 2.33. The molecule has 0 saturated heterocycles. The lowest BCUT2D eigenvalue weighted by molar-refractivity contribution is -0.141. The van der Waals surface area contributed by atoms with Gasteiger partial charge in [-0.15, -0.1) is 0 Å². The van der Waals surface area contributed by atoms with Crippen LogP contribution in [0.1, 0.15) is 25.7 Å². The Balaban J connectivity index is 2.24. The second kappa shape index (κ2) is 6.44. The molecule has 0 unspecified atom stereocenters. The Kier molecular flexibility index (Phi) is 4.84. The fourth-order valence-corrected chi connectivity index (χ4v) is 2.71. The van der Waals surface area contributed by atoms with Crippen LogP contribution in [0.3, 0.4) is 0 Å². The molecule has 0 bridgehead atoms. The number of nitrogens with zero attached hydrogens (tertiary/aromatic N) is 2. The summed E-state index contributed by atoms with van der Waals surface area (Å²) in [6.45, 7) is -0.324. The lowest BCUT2D eigenvalue weighted by Crippen LogP contribution is -2.40. The van der Waals surface area contributed by atoms with Crippen molar-refractivity contribution in [2.75, 3.05) is 19.0 Å². The summed E-state index contributed by atoms with van der Waals surface area (Å²) in [5.74, 6) is -0.580. The largest absolute Gasteiger partial charge is 0.468 e. The number of aliphatic hydroxyl groups excluding tert-OH is 1. The maximum Gasteiger partial charge on any atom is 0.327 e. The number of aromatic nitrogens is 2. The van der Waals surface area contributed by atoms with Crippen molar-refractivity contribution in [1.82, 2.24) is 9.78 Å². The molecule has 0 spiro atoms. The molecule has 116 valence electrons. The van der Waals surface area contributed by atoms with Crippen LogP contribution in [0.5, 0.6) is 0 Å². The van der Waals surface area contributed by atoms with Crippen molar-refractivity contribution in [1.29, 1.82) is 0 Å². The van der Waals surface area contributed by atoms with E-state index in [1.54, 1.807) is 0 Å². The number of rotatable bonds is 5. The van der Waals surface area contributed by atoms with Crippen molar-refractivity contribution in [2.24, 2.45) is 0 Å². The normalized spacial score (nSPS) is 16.7. The predicted octanol–water partition coefficient (Wildman–Crippen LogP) is 0.787. The molecule has 21 heavy (non-hydrogen) atoms. The van der Waals surface area contributed by atoms with Gasteiger partial charge in [0.2, 0.25) is 0 Å². The molecule has 1 aliphatic carbocycles. The average molecular weight is 316 g/mol. The van der Waals surface area contributed by atoms with Crippen LogP contribution in [-0.4, -0.2) is 40.1 Å². The molecule has 1 saturated carbocycles. The summed E-state index contributed by atoms with van der Waals surface area (Å²) in [5.41, 5.74) is -0.649. The first kappa shape index (κ1) is 15.8. The smallest absolute Gasteiger partial charge is 0.327 e. The zero-order valence-electron chi connectivity index (χ0n) is 11.8. The van der Waals surface area contributed by atoms with Gasteiger partial charge in [0.05, 0.1) is 31.1 Å². The van der Waals surface area contributed by atoms with Crippen molar-refractivity contribution in [3.63, 3.8) is 0 Å². The summed E-state index contributed by atoms with van der Waals surface area (Å²) < 4.78 is 5.43. The lowest BCUT2D eigenvalue weighted by atomic mass is 9.99. The molecule has 1 aromatic rings. The molecule has 1 fully saturated rings. The van der Waals surface area contributed by atoms with E-state index < -0.39 is 17.1 Å². The average Bonchev–Trinajstić information content (AvgIpc) is 2.96. The second-order valence-electron chi connectivity index (χ2n) is 5.18. The number of carbonyl (C=O) groups excluding carboxylic acids is 1. The molecule has 1 heterocycles. The first-order valence-corrected chi connectivity index (χ1v) is 7.10. The van der Waals surface area contributed by atoms with E-state index in [2.05, 4.69) is 15.2 Å². The maximum atomic E-state index is 12.1. The van der Waals surface area contributed by atoms with Gasteiger partial charge in [0, 0.05) is 0 Å². The van der Waals surface area contributed by atoms with Crippen LogP contribution in [0.15, 0.2) is 11.0 Å². The van der Waals surface area contributed by atoms with Crippen molar-refractivity contribution in [2.45, 2.75) is 37.8 Å². The quantitative estimate of drug-likeness (QED) is 0.780. The van der Waals surface area contributed by atoms with E-state index in [1.807, 2.05) is 0 Å². The van der Waals surface area contributed by atoms with Gasteiger partial charge in [0.25, 0.3) is 5.56 Å². The zero-order valence-corrected chi connectivity index (χ0v) is 12.5. The van der Waals surface area contributed by atoms with E-state index >= 15 is 0 Å². The highest BCUT2D eigenvalue weighted by molar-refractivity contribution is 6.33. The molecular weight excluding hydrogens is 298 g/mol. The fourth-order valence-electron chi connectivity index (χ4n) is 2.51. The van der Waals surface area contributed by atoms with Gasteiger partial charge in [-0.1, -0.05) is 24.4 Å². The van der Waals surface area contributed by atoms with Crippen molar-refractivity contribution in [3.05, 3.63) is 21.6 Å². The van der Waals surface area contributed by atoms with Crippen LogP contribution in [0.4, 0.5) is 5.69 Å². The number of hydrogen-bond donors (Lipinski definition) is 2. The lowest BCUT2D eigenvalue weighted by Gasteiger charge is -2.29. The summed E-state index contributed by atoms with van der Waals surface area (Å²) in [4.78, 5) is 23.3. The minimum Gasteiger partial charge on any atom is -0.468 e. The predicted molar refractivity (Wildman–Crippen MR) is 77.4 cm³/mol. The SMILES string of the molecule is COC(=O)Cn1ncc(NC2(CO)CCCC2)c(Cl)c1=O. The minimum absolute atomic E-state index is 0.0332. The number of halogens is 1. The van der Waals surface area contributed by atoms with Gasteiger partial charge < -0.3 is 15.2 Å². The van der Waals surface area contributed by atoms with Gasteiger partial charge in [-0.05, 0) is 12.8 Å². The Hall–Kier alpha value is -1.60. The van der Waals surface area contributed by atoms with Gasteiger partial charge in [0.15, 0.2) is 0 Å². The van der Waals surface area contributed by atoms with Crippen LogP contribution < -0.4 is 10.9 Å². The monoisotopic (exact) mass is 315 g/mol. The second-order valence-corrected chi connectivity index (χ2v) is 5.56. The van der Waals surface area contributed by atoms with Gasteiger partial charge >= 0.3 is 5.97 Å². The van der Waals surface area contributed by atoms with E-state index in [0.29, 0.717) is 5.69 Å². The van der Waals surface area contributed by atoms with E-state index in [4.69, 9.17) is 11.6 Å². The number of anilines is 1. The van der Waals surface area contributed by atoms with E-state index in [9.17, 15) is 14.7 Å². The number of aliphatic hydroxyl groups is 1. The van der Waals surface area contributed by atoms with Crippen LogP contribution in [0.2, 0.25) is 5.02 Å².